The minimum Gasteiger partial charge on any atom is -0.325 e. The van der Waals surface area contributed by atoms with Crippen LogP contribution in [0, 0.1) is 0 Å². The Kier molecular flexibility index (Phi) is 6.75. The zero-order valence-electron chi connectivity index (χ0n) is 17.0. The van der Waals surface area contributed by atoms with Gasteiger partial charge in [-0.25, -0.2) is 8.42 Å². The first-order chi connectivity index (χ1) is 15.0. The van der Waals surface area contributed by atoms with Gasteiger partial charge in [-0.1, -0.05) is 54.6 Å². The number of sulfonamides is 1. The molecule has 3 aromatic rings. The van der Waals surface area contributed by atoms with E-state index >= 15 is 0 Å². The molecule has 3 aromatic carbocycles. The van der Waals surface area contributed by atoms with Crippen molar-refractivity contribution in [3.05, 3.63) is 95.6 Å². The number of thioether (sulfide) groups is 1. The van der Waals surface area contributed by atoms with E-state index in [2.05, 4.69) is 5.32 Å². The Morgan fingerprint density at radius 1 is 0.935 bits per heavy atom. The summed E-state index contributed by atoms with van der Waals surface area (Å²) in [5.74, 6) is 1.08. The highest BCUT2D eigenvalue weighted by atomic mass is 32.2. The van der Waals surface area contributed by atoms with Crippen molar-refractivity contribution in [2.45, 2.75) is 23.6 Å². The lowest BCUT2D eigenvalue weighted by molar-refractivity contribution is -0.113. The first-order valence-electron chi connectivity index (χ1n) is 10.1. The van der Waals surface area contributed by atoms with Crippen LogP contribution in [-0.4, -0.2) is 30.9 Å². The molecule has 160 valence electrons. The maximum atomic E-state index is 12.9. The van der Waals surface area contributed by atoms with E-state index in [1.54, 1.807) is 42.1 Å². The molecule has 5 nitrogen and oxygen atoms in total. The molecule has 7 heteroatoms. The van der Waals surface area contributed by atoms with Gasteiger partial charge in [0.15, 0.2) is 0 Å². The third-order valence-electron chi connectivity index (χ3n) is 5.19. The van der Waals surface area contributed by atoms with Gasteiger partial charge in [0, 0.05) is 24.5 Å². The van der Waals surface area contributed by atoms with Crippen LogP contribution >= 0.6 is 11.8 Å². The maximum absolute atomic E-state index is 12.9. The van der Waals surface area contributed by atoms with E-state index in [1.165, 1.54) is 9.87 Å². The van der Waals surface area contributed by atoms with Crippen molar-refractivity contribution >= 4 is 33.4 Å². The number of nitrogens with zero attached hydrogens (tertiary/aromatic N) is 1. The van der Waals surface area contributed by atoms with Crippen LogP contribution in [0.2, 0.25) is 0 Å². The number of carbonyl (C=O) groups excluding carboxylic acids is 1. The van der Waals surface area contributed by atoms with Crippen molar-refractivity contribution in [2.24, 2.45) is 0 Å². The first kappa shape index (κ1) is 21.6. The van der Waals surface area contributed by atoms with E-state index in [1.807, 2.05) is 48.5 Å². The highest BCUT2D eigenvalue weighted by Crippen LogP contribution is 2.27. The molecule has 0 unspecified atom stereocenters. The van der Waals surface area contributed by atoms with Gasteiger partial charge in [0.05, 0.1) is 10.6 Å². The van der Waals surface area contributed by atoms with E-state index < -0.39 is 10.0 Å². The van der Waals surface area contributed by atoms with Crippen LogP contribution in [0.5, 0.6) is 0 Å². The minimum absolute atomic E-state index is 0.0644. The summed E-state index contributed by atoms with van der Waals surface area (Å²) in [5, 5.41) is 2.94. The van der Waals surface area contributed by atoms with Gasteiger partial charge in [-0.05, 0) is 47.4 Å². The van der Waals surface area contributed by atoms with Gasteiger partial charge in [0.2, 0.25) is 15.9 Å². The smallest absolute Gasteiger partial charge is 0.243 e. The molecular weight excluding hydrogens is 428 g/mol. The molecule has 1 aliphatic heterocycles. The Labute approximate surface area is 187 Å². The summed E-state index contributed by atoms with van der Waals surface area (Å²) in [6, 6.07) is 24.3. The summed E-state index contributed by atoms with van der Waals surface area (Å²) in [5.41, 5.74) is 3.94. The van der Waals surface area contributed by atoms with E-state index in [9.17, 15) is 13.2 Å². The zero-order chi connectivity index (χ0) is 21.7. The standard InChI is InChI=1S/C24H24N2O3S2/c27-24(18-30-17-19-7-3-1-4-8-19)25-22-12-11-20-13-14-26(16-21(20)15-22)31(28,29)23-9-5-2-6-10-23/h1-12,15H,13-14,16-18H2,(H,25,27). The molecule has 1 heterocycles. The van der Waals surface area contributed by atoms with Crippen LogP contribution in [0.4, 0.5) is 5.69 Å². The molecule has 0 spiro atoms. The molecule has 4 rings (SSSR count). The van der Waals surface area contributed by atoms with Crippen LogP contribution in [-0.2, 0) is 33.5 Å². The van der Waals surface area contributed by atoms with Crippen molar-refractivity contribution in [2.75, 3.05) is 17.6 Å². The van der Waals surface area contributed by atoms with E-state index in [4.69, 9.17) is 0 Å². The largest absolute Gasteiger partial charge is 0.325 e. The summed E-state index contributed by atoms with van der Waals surface area (Å²) in [4.78, 5) is 12.6. The topological polar surface area (TPSA) is 66.5 Å². The summed E-state index contributed by atoms with van der Waals surface area (Å²) in [6.45, 7) is 0.755. The molecule has 0 saturated carbocycles. The van der Waals surface area contributed by atoms with Crippen LogP contribution in [0.3, 0.4) is 0 Å². The molecule has 31 heavy (non-hydrogen) atoms. The quantitative estimate of drug-likeness (QED) is 0.580. The van der Waals surface area contributed by atoms with Crippen molar-refractivity contribution < 1.29 is 13.2 Å². The number of hydrogen-bond donors (Lipinski definition) is 1. The number of hydrogen-bond acceptors (Lipinski definition) is 4. The molecule has 0 saturated heterocycles. The number of carbonyl (C=O) groups is 1. The van der Waals surface area contributed by atoms with Crippen molar-refractivity contribution in [3.63, 3.8) is 0 Å². The normalized spacial score (nSPS) is 14.1. The van der Waals surface area contributed by atoms with Gasteiger partial charge in [-0.15, -0.1) is 11.8 Å². The number of benzene rings is 3. The van der Waals surface area contributed by atoms with Gasteiger partial charge in [-0.2, -0.15) is 4.31 Å². The monoisotopic (exact) mass is 452 g/mol. The van der Waals surface area contributed by atoms with Crippen molar-refractivity contribution in [1.82, 2.24) is 4.31 Å². The fraction of sp³-hybridized carbons (Fsp3) is 0.208. The number of amides is 1. The van der Waals surface area contributed by atoms with Gasteiger partial charge >= 0.3 is 0 Å². The molecule has 1 N–H and O–H groups in total. The third-order valence-corrected chi connectivity index (χ3v) is 8.06. The highest BCUT2D eigenvalue weighted by molar-refractivity contribution is 7.99. The molecule has 1 aliphatic rings. The molecule has 0 atom stereocenters. The molecule has 1 amide bonds. The maximum Gasteiger partial charge on any atom is 0.243 e. The second kappa shape index (κ2) is 9.68. The fourth-order valence-corrected chi connectivity index (χ4v) is 5.82. The number of nitrogens with one attached hydrogen (secondary N) is 1. The second-order valence-electron chi connectivity index (χ2n) is 7.41. The fourth-order valence-electron chi connectivity index (χ4n) is 3.59. The lowest BCUT2D eigenvalue weighted by atomic mass is 10.0. The minimum atomic E-state index is -3.54. The lowest BCUT2D eigenvalue weighted by Crippen LogP contribution is -2.36. The molecular formula is C24H24N2O3S2. The molecule has 0 aromatic heterocycles. The van der Waals surface area contributed by atoms with Gasteiger partial charge in [-0.3, -0.25) is 4.79 Å². The molecule has 0 radical (unpaired) electrons. The van der Waals surface area contributed by atoms with E-state index in [0.717, 1.165) is 16.9 Å². The van der Waals surface area contributed by atoms with Crippen molar-refractivity contribution in [1.29, 1.82) is 0 Å². The van der Waals surface area contributed by atoms with Crippen LogP contribution in [0.1, 0.15) is 16.7 Å². The predicted octanol–water partition coefficient (Wildman–Crippen LogP) is 4.31. The Morgan fingerprint density at radius 3 is 2.39 bits per heavy atom. The SMILES string of the molecule is O=C(CSCc1ccccc1)Nc1ccc2c(c1)CN(S(=O)(=O)c1ccccc1)CC2. The lowest BCUT2D eigenvalue weighted by Gasteiger charge is -2.28. The van der Waals surface area contributed by atoms with Gasteiger partial charge < -0.3 is 5.32 Å². The number of fused-ring (bicyclic) bond motifs is 1. The summed E-state index contributed by atoms with van der Waals surface area (Å²) in [7, 11) is -3.54. The molecule has 0 fully saturated rings. The van der Waals surface area contributed by atoms with Gasteiger partial charge in [0.25, 0.3) is 0 Å². The van der Waals surface area contributed by atoms with Crippen LogP contribution < -0.4 is 5.32 Å². The summed E-state index contributed by atoms with van der Waals surface area (Å²) in [6.07, 6.45) is 0.655. The Hall–Kier alpha value is -2.61. The first-order valence-corrected chi connectivity index (χ1v) is 12.7. The van der Waals surface area contributed by atoms with Crippen molar-refractivity contribution in [3.8, 4) is 0 Å². The number of anilines is 1. The average molecular weight is 453 g/mol. The number of rotatable bonds is 7. The van der Waals surface area contributed by atoms with Crippen LogP contribution in [0.25, 0.3) is 0 Å². The van der Waals surface area contributed by atoms with Crippen LogP contribution in [0.15, 0.2) is 83.8 Å². The Morgan fingerprint density at radius 2 is 1.65 bits per heavy atom. The van der Waals surface area contributed by atoms with Gasteiger partial charge in [0.1, 0.15) is 0 Å². The average Bonchev–Trinajstić information content (AvgIpc) is 2.80. The predicted molar refractivity (Wildman–Crippen MR) is 125 cm³/mol. The Bertz CT molecular complexity index is 1150. The summed E-state index contributed by atoms with van der Waals surface area (Å²) < 4.78 is 27.4. The van der Waals surface area contributed by atoms with E-state index in [0.29, 0.717) is 35.8 Å². The Balaban J connectivity index is 1.38. The third kappa shape index (κ3) is 5.36. The zero-order valence-corrected chi connectivity index (χ0v) is 18.7. The summed E-state index contributed by atoms with van der Waals surface area (Å²) >= 11 is 1.56. The molecule has 0 aliphatic carbocycles. The second-order valence-corrected chi connectivity index (χ2v) is 10.3. The highest BCUT2D eigenvalue weighted by Gasteiger charge is 2.28. The van der Waals surface area contributed by atoms with E-state index in [-0.39, 0.29) is 5.91 Å². The molecule has 0 bridgehead atoms.